The van der Waals surface area contributed by atoms with E-state index in [1.807, 2.05) is 0 Å². The van der Waals surface area contributed by atoms with Gasteiger partial charge in [-0.25, -0.2) is 4.79 Å². The van der Waals surface area contributed by atoms with Crippen LogP contribution in [0, 0.1) is 22.7 Å². The van der Waals surface area contributed by atoms with Crippen LogP contribution >= 0.6 is 0 Å². The molecular weight excluding hydrogens is 371 g/mol. The third-order valence-corrected chi connectivity index (χ3v) is 10.7. The molecule has 1 heterocycles. The Labute approximate surface area is 153 Å². The van der Waals surface area contributed by atoms with Crippen molar-refractivity contribution in [3.05, 3.63) is 0 Å². The Morgan fingerprint density at radius 2 is 1.85 bits per heavy atom. The lowest BCUT2D eigenvalue weighted by Crippen LogP contribution is -2.54. The van der Waals surface area contributed by atoms with E-state index in [0.717, 1.165) is 12.8 Å². The first-order valence-electron chi connectivity index (χ1n) is 9.19. The molecule has 0 aromatic carbocycles. The van der Waals surface area contributed by atoms with Gasteiger partial charge in [0.05, 0.1) is 5.41 Å². The predicted molar refractivity (Wildman–Crippen MR) is 93.5 cm³/mol. The van der Waals surface area contributed by atoms with Crippen molar-refractivity contribution in [2.45, 2.75) is 62.9 Å². The van der Waals surface area contributed by atoms with Crippen LogP contribution in [0.4, 0.5) is 17.3 Å². The van der Waals surface area contributed by atoms with Crippen LogP contribution in [0.1, 0.15) is 52.4 Å². The minimum absolute atomic E-state index is 0.0733. The first kappa shape index (κ1) is 20.0. The van der Waals surface area contributed by atoms with E-state index in [1.165, 1.54) is 25.7 Å². The van der Waals surface area contributed by atoms with Crippen molar-refractivity contribution in [1.29, 1.82) is 0 Å². The highest BCUT2D eigenvalue weighted by atomic mass is 32.2. The van der Waals surface area contributed by atoms with Crippen molar-refractivity contribution in [2.75, 3.05) is 5.75 Å². The number of carboxylic acids is 1. The molecule has 1 saturated heterocycles. The number of rotatable bonds is 3. The lowest BCUT2D eigenvalue weighted by molar-refractivity contribution is -0.134. The van der Waals surface area contributed by atoms with Crippen LogP contribution in [0.15, 0.2) is 0 Å². The van der Waals surface area contributed by atoms with Gasteiger partial charge in [-0.15, -0.1) is 0 Å². The van der Waals surface area contributed by atoms with Gasteiger partial charge in [-0.2, -0.15) is 0 Å². The summed E-state index contributed by atoms with van der Waals surface area (Å²) in [7, 11) is -6.07. The monoisotopic (exact) mass is 396 g/mol. The molecule has 4 fully saturated rings. The molecule has 26 heavy (non-hydrogen) atoms. The molecule has 0 amide bonds. The third-order valence-electron chi connectivity index (χ3n) is 7.37. The van der Waals surface area contributed by atoms with Crippen LogP contribution in [-0.2, 0) is 20.5 Å². The van der Waals surface area contributed by atoms with Gasteiger partial charge in [-0.1, -0.05) is 13.8 Å². The highest BCUT2D eigenvalue weighted by Crippen LogP contribution is 2.70. The molecule has 1 unspecified atom stereocenters. The van der Waals surface area contributed by atoms with E-state index in [1.54, 1.807) is 0 Å². The van der Waals surface area contributed by atoms with E-state index in [0.29, 0.717) is 33.9 Å². The number of hydrogen-bond acceptors (Lipinski definition) is 2. The molecule has 0 radical (unpaired) electrons. The van der Waals surface area contributed by atoms with E-state index >= 15 is 0 Å². The number of hydrogen-bond donors (Lipinski definition) is 1. The molecule has 1 aliphatic heterocycles. The van der Waals surface area contributed by atoms with E-state index in [9.17, 15) is 32.0 Å². The Bertz CT molecular complexity index is 605. The number of ketones is 1. The van der Waals surface area contributed by atoms with Gasteiger partial charge in [-0.05, 0) is 37.0 Å². The first-order valence-corrected chi connectivity index (χ1v) is 10.7. The van der Waals surface area contributed by atoms with Crippen molar-refractivity contribution < 1.29 is 32.0 Å². The smallest absolute Gasteiger partial charge is 0.478 e. The SMILES string of the molecule is CC1(C)[C@@H]2CC[C@@]1([C@@H]1[C@@H]3CC[C@@H](C3)[S+]1CC(=O)O)C(=O)C2.F[B-](F)(F)F. The fourth-order valence-electron chi connectivity index (χ4n) is 6.37. The Hall–Kier alpha value is -0.725. The lowest BCUT2D eigenvalue weighted by Gasteiger charge is -2.43. The Morgan fingerprint density at radius 1 is 1.23 bits per heavy atom. The van der Waals surface area contributed by atoms with E-state index in [2.05, 4.69) is 13.8 Å². The highest BCUT2D eigenvalue weighted by Gasteiger charge is 2.75. The van der Waals surface area contributed by atoms with Crippen LogP contribution in [0.2, 0.25) is 0 Å². The van der Waals surface area contributed by atoms with Gasteiger partial charge in [0.2, 0.25) is 5.75 Å². The molecule has 1 N–H and O–H groups in total. The minimum atomic E-state index is -6.00. The lowest BCUT2D eigenvalue weighted by atomic mass is 9.64. The summed E-state index contributed by atoms with van der Waals surface area (Å²) < 4.78 is 39.0. The number of halogens is 4. The first-order chi connectivity index (χ1) is 11.9. The normalized spacial score (nSPS) is 42.7. The second-order valence-corrected chi connectivity index (χ2v) is 11.1. The maximum atomic E-state index is 12.9. The fourth-order valence-corrected chi connectivity index (χ4v) is 10.2. The summed E-state index contributed by atoms with van der Waals surface area (Å²) in [5.41, 5.74) is -0.0982. The van der Waals surface area contributed by atoms with Crippen molar-refractivity contribution in [3.63, 3.8) is 0 Å². The van der Waals surface area contributed by atoms with E-state index in [4.69, 9.17) is 0 Å². The zero-order chi connectivity index (χ0) is 19.5. The zero-order valence-electron chi connectivity index (χ0n) is 15.0. The van der Waals surface area contributed by atoms with Gasteiger partial charge < -0.3 is 22.4 Å². The van der Waals surface area contributed by atoms with Crippen molar-refractivity contribution in [3.8, 4) is 0 Å². The van der Waals surface area contributed by atoms with Crippen LogP contribution < -0.4 is 0 Å². The molecule has 0 aromatic heterocycles. The molecule has 0 aromatic rings. The van der Waals surface area contributed by atoms with Crippen molar-refractivity contribution in [1.82, 2.24) is 0 Å². The van der Waals surface area contributed by atoms with Gasteiger partial charge in [0.15, 0.2) is 0 Å². The van der Waals surface area contributed by atoms with Gasteiger partial charge >= 0.3 is 13.2 Å². The van der Waals surface area contributed by atoms with Crippen LogP contribution in [0.5, 0.6) is 0 Å². The molecule has 4 rings (SSSR count). The van der Waals surface area contributed by atoms with Crippen molar-refractivity contribution in [2.24, 2.45) is 22.7 Å². The summed E-state index contributed by atoms with van der Waals surface area (Å²) in [6.07, 6.45) is 6.58. The molecule has 9 heteroatoms. The molecule has 3 aliphatic carbocycles. The van der Waals surface area contributed by atoms with Gasteiger partial charge in [-0.3, -0.25) is 4.79 Å². The topological polar surface area (TPSA) is 54.4 Å². The Balaban J connectivity index is 0.000000349. The predicted octanol–water partition coefficient (Wildman–Crippen LogP) is 3.94. The van der Waals surface area contributed by atoms with Gasteiger partial charge in [0.1, 0.15) is 16.3 Å². The van der Waals surface area contributed by atoms with Crippen LogP contribution in [-0.4, -0.2) is 40.4 Å². The molecule has 3 nitrogen and oxygen atoms in total. The second-order valence-electron chi connectivity index (χ2n) is 8.67. The third kappa shape index (κ3) is 3.08. The fraction of sp³-hybridized carbons (Fsp3) is 0.882. The Kier molecular flexibility index (Phi) is 4.94. The summed E-state index contributed by atoms with van der Waals surface area (Å²) in [4.78, 5) is 24.3. The van der Waals surface area contributed by atoms with Crippen LogP contribution in [0.25, 0.3) is 0 Å². The molecule has 148 valence electrons. The van der Waals surface area contributed by atoms with Gasteiger partial charge in [0.25, 0.3) is 0 Å². The average molecular weight is 396 g/mol. The number of carbonyl (C=O) groups excluding carboxylic acids is 1. The summed E-state index contributed by atoms with van der Waals surface area (Å²) in [6.45, 7) is 4.59. The van der Waals surface area contributed by atoms with Crippen LogP contribution in [0.3, 0.4) is 0 Å². The standard InChI is InChI=1S/C17H24O3S.BF4/c1-16(2)11-5-6-17(16,13(18)8-11)15-10-3-4-12(7-10)21(15)9-14(19)20;2-1(3,4)5/h10-12,15H,3-9H2,1-2H3;/q;-1/p+1/t10-,11-,12+,15+,17+,21?;/m1./s1. The quantitative estimate of drug-likeness (QED) is 0.447. The summed E-state index contributed by atoms with van der Waals surface area (Å²) >= 11 is 0. The summed E-state index contributed by atoms with van der Waals surface area (Å²) in [5.74, 6) is 1.29. The second kappa shape index (κ2) is 6.42. The molecule has 3 saturated carbocycles. The summed E-state index contributed by atoms with van der Waals surface area (Å²) in [6, 6.07) is 0. The molecular formula is C17H25BF4O3S. The number of carbonyl (C=O) groups is 2. The molecule has 4 aliphatic rings. The number of fused-ring (bicyclic) bond motifs is 4. The number of Topliss-reactive ketones (excluding diaryl/α,β-unsaturated/α-hetero) is 1. The van der Waals surface area contributed by atoms with E-state index < -0.39 is 13.2 Å². The number of aliphatic carboxylic acids is 1. The molecule has 6 atom stereocenters. The highest BCUT2D eigenvalue weighted by molar-refractivity contribution is 7.99. The minimum Gasteiger partial charge on any atom is -0.478 e. The maximum absolute atomic E-state index is 12.9. The maximum Gasteiger partial charge on any atom is 0.673 e. The zero-order valence-corrected chi connectivity index (χ0v) is 15.8. The van der Waals surface area contributed by atoms with E-state index in [-0.39, 0.29) is 21.7 Å². The Morgan fingerprint density at radius 3 is 2.31 bits per heavy atom. The molecule has 4 bridgehead atoms. The van der Waals surface area contributed by atoms with Crippen molar-refractivity contribution >= 4 is 29.9 Å². The molecule has 0 spiro atoms. The average Bonchev–Trinajstić information content (AvgIpc) is 3.15. The number of carboxylic acid groups (broad SMARTS) is 1. The van der Waals surface area contributed by atoms with Gasteiger partial charge in [0, 0.05) is 29.7 Å². The largest absolute Gasteiger partial charge is 0.673 e. The summed E-state index contributed by atoms with van der Waals surface area (Å²) in [5, 5.41) is 10.3.